The number of aliphatic carboxylic acids is 1. The van der Waals surface area contributed by atoms with Gasteiger partial charge in [0, 0.05) is 12.0 Å². The van der Waals surface area contributed by atoms with Crippen molar-refractivity contribution in [3.05, 3.63) is 0 Å². The second kappa shape index (κ2) is 6.22. The minimum Gasteiger partial charge on any atom is -0.481 e. The normalized spacial score (nSPS) is 25.9. The minimum absolute atomic E-state index is 0.0266. The summed E-state index contributed by atoms with van der Waals surface area (Å²) in [4.78, 5) is 22.7. The fraction of sp³-hybridized carbons (Fsp3) is 0.867. The average molecular weight is 301 g/mol. The molecule has 6 heteroatoms. The van der Waals surface area contributed by atoms with Crippen molar-refractivity contribution in [1.82, 2.24) is 5.32 Å². The highest BCUT2D eigenvalue weighted by Gasteiger charge is 2.45. The van der Waals surface area contributed by atoms with Gasteiger partial charge in [0.05, 0.1) is 18.1 Å². The van der Waals surface area contributed by atoms with Crippen LogP contribution in [0.25, 0.3) is 0 Å². The first-order valence-corrected chi connectivity index (χ1v) is 7.26. The fourth-order valence-electron chi connectivity index (χ4n) is 2.35. The first-order chi connectivity index (χ1) is 9.37. The van der Waals surface area contributed by atoms with E-state index in [-0.39, 0.29) is 30.1 Å². The SMILES string of the molecule is CC(C)(C)OC(=O)NC1CC(OC(C)(C)C)C1CC(=O)O. The van der Waals surface area contributed by atoms with Gasteiger partial charge in [-0.3, -0.25) is 4.79 Å². The molecule has 1 aliphatic carbocycles. The fourth-order valence-corrected chi connectivity index (χ4v) is 2.35. The predicted octanol–water partition coefficient (Wildman–Crippen LogP) is 2.56. The Morgan fingerprint density at radius 2 is 1.71 bits per heavy atom. The predicted molar refractivity (Wildman–Crippen MR) is 78.1 cm³/mol. The number of carboxylic acids is 1. The van der Waals surface area contributed by atoms with Crippen molar-refractivity contribution in [2.24, 2.45) is 5.92 Å². The van der Waals surface area contributed by atoms with Crippen molar-refractivity contribution in [3.63, 3.8) is 0 Å². The van der Waals surface area contributed by atoms with Gasteiger partial charge in [0.15, 0.2) is 0 Å². The van der Waals surface area contributed by atoms with E-state index >= 15 is 0 Å². The van der Waals surface area contributed by atoms with E-state index < -0.39 is 17.7 Å². The summed E-state index contributed by atoms with van der Waals surface area (Å²) in [5.74, 6) is -1.12. The lowest BCUT2D eigenvalue weighted by atomic mass is 9.74. The molecule has 0 saturated heterocycles. The number of alkyl carbamates (subject to hydrolysis) is 1. The molecule has 1 fully saturated rings. The van der Waals surface area contributed by atoms with E-state index in [1.54, 1.807) is 20.8 Å². The number of ether oxygens (including phenoxy) is 2. The topological polar surface area (TPSA) is 84.9 Å². The van der Waals surface area contributed by atoms with Crippen molar-refractivity contribution in [1.29, 1.82) is 0 Å². The van der Waals surface area contributed by atoms with Crippen LogP contribution in [-0.2, 0) is 14.3 Å². The van der Waals surface area contributed by atoms with Gasteiger partial charge in [-0.1, -0.05) is 0 Å². The van der Waals surface area contributed by atoms with Gasteiger partial charge in [0.1, 0.15) is 5.60 Å². The van der Waals surface area contributed by atoms with Crippen molar-refractivity contribution in [3.8, 4) is 0 Å². The Hall–Kier alpha value is -1.30. The lowest BCUT2D eigenvalue weighted by Gasteiger charge is -2.46. The Bertz CT molecular complexity index is 394. The summed E-state index contributed by atoms with van der Waals surface area (Å²) in [6, 6.07) is -0.219. The number of carbonyl (C=O) groups is 2. The molecular formula is C15H27NO5. The van der Waals surface area contributed by atoms with Crippen molar-refractivity contribution >= 4 is 12.1 Å². The van der Waals surface area contributed by atoms with Crippen LogP contribution < -0.4 is 5.32 Å². The molecule has 0 heterocycles. The van der Waals surface area contributed by atoms with Crippen LogP contribution in [0.1, 0.15) is 54.4 Å². The van der Waals surface area contributed by atoms with Crippen molar-refractivity contribution in [2.75, 3.05) is 0 Å². The van der Waals surface area contributed by atoms with Gasteiger partial charge >= 0.3 is 12.1 Å². The molecule has 1 saturated carbocycles. The van der Waals surface area contributed by atoms with Gasteiger partial charge in [-0.2, -0.15) is 0 Å². The molecule has 122 valence electrons. The van der Waals surface area contributed by atoms with E-state index in [4.69, 9.17) is 14.6 Å². The second-order valence-corrected chi connectivity index (χ2v) is 7.52. The van der Waals surface area contributed by atoms with Crippen molar-refractivity contribution < 1.29 is 24.2 Å². The second-order valence-electron chi connectivity index (χ2n) is 7.52. The quantitative estimate of drug-likeness (QED) is 0.833. The molecule has 1 rings (SSSR count). The van der Waals surface area contributed by atoms with Crippen LogP contribution in [0.4, 0.5) is 4.79 Å². The molecular weight excluding hydrogens is 274 g/mol. The number of amides is 1. The summed E-state index contributed by atoms with van der Waals surface area (Å²) in [5, 5.41) is 11.7. The van der Waals surface area contributed by atoms with Crippen LogP contribution in [-0.4, -0.2) is 40.5 Å². The third-order valence-electron chi connectivity index (χ3n) is 3.10. The van der Waals surface area contributed by atoms with Crippen LogP contribution in [0.2, 0.25) is 0 Å². The van der Waals surface area contributed by atoms with Gasteiger partial charge in [0.25, 0.3) is 0 Å². The number of carboxylic acid groups (broad SMARTS) is 1. The highest BCUT2D eigenvalue weighted by atomic mass is 16.6. The standard InChI is InChI=1S/C15H27NO5/c1-14(2,3)20-11-8-10(9(11)7-12(17)18)16-13(19)21-15(4,5)6/h9-11H,7-8H2,1-6H3,(H,16,19)(H,17,18). The number of rotatable bonds is 4. The van der Waals surface area contributed by atoms with E-state index in [1.807, 2.05) is 20.8 Å². The molecule has 0 bridgehead atoms. The van der Waals surface area contributed by atoms with E-state index in [0.717, 1.165) is 0 Å². The van der Waals surface area contributed by atoms with E-state index in [0.29, 0.717) is 6.42 Å². The van der Waals surface area contributed by atoms with Crippen LogP contribution in [0.15, 0.2) is 0 Å². The van der Waals surface area contributed by atoms with Crippen LogP contribution in [0.5, 0.6) is 0 Å². The number of hydrogen-bond acceptors (Lipinski definition) is 4. The Balaban J connectivity index is 2.59. The Morgan fingerprint density at radius 1 is 1.14 bits per heavy atom. The summed E-state index contributed by atoms with van der Waals surface area (Å²) in [5.41, 5.74) is -0.907. The molecule has 1 amide bonds. The average Bonchev–Trinajstić information content (AvgIpc) is 2.20. The molecule has 0 aromatic carbocycles. The maximum Gasteiger partial charge on any atom is 0.407 e. The third-order valence-corrected chi connectivity index (χ3v) is 3.10. The minimum atomic E-state index is -0.891. The molecule has 0 aromatic heterocycles. The maximum absolute atomic E-state index is 11.8. The van der Waals surface area contributed by atoms with Crippen LogP contribution in [0.3, 0.4) is 0 Å². The molecule has 3 unspecified atom stereocenters. The Labute approximate surface area is 126 Å². The van der Waals surface area contributed by atoms with E-state index in [9.17, 15) is 9.59 Å². The zero-order valence-electron chi connectivity index (χ0n) is 13.7. The smallest absolute Gasteiger partial charge is 0.407 e. The highest BCUT2D eigenvalue weighted by Crippen LogP contribution is 2.36. The number of carbonyl (C=O) groups excluding carboxylic acids is 1. The molecule has 3 atom stereocenters. The Morgan fingerprint density at radius 3 is 2.14 bits per heavy atom. The van der Waals surface area contributed by atoms with Gasteiger partial charge in [-0.25, -0.2) is 4.79 Å². The molecule has 1 aliphatic rings. The third kappa shape index (κ3) is 6.33. The van der Waals surface area contributed by atoms with Gasteiger partial charge in [-0.05, 0) is 48.0 Å². The number of nitrogens with one attached hydrogen (secondary N) is 1. The van der Waals surface area contributed by atoms with Gasteiger partial charge in [-0.15, -0.1) is 0 Å². The summed E-state index contributed by atoms with van der Waals surface area (Å²) in [7, 11) is 0. The van der Waals surface area contributed by atoms with E-state index in [2.05, 4.69) is 5.32 Å². The molecule has 0 spiro atoms. The first-order valence-electron chi connectivity index (χ1n) is 7.26. The highest BCUT2D eigenvalue weighted by molar-refractivity contribution is 5.70. The molecule has 0 aromatic rings. The summed E-state index contributed by atoms with van der Waals surface area (Å²) in [6.07, 6.45) is -0.0894. The monoisotopic (exact) mass is 301 g/mol. The molecule has 0 radical (unpaired) electrons. The van der Waals surface area contributed by atoms with Gasteiger partial charge in [0.2, 0.25) is 0 Å². The van der Waals surface area contributed by atoms with Gasteiger partial charge < -0.3 is 19.9 Å². The number of hydrogen-bond donors (Lipinski definition) is 2. The molecule has 0 aliphatic heterocycles. The summed E-state index contributed by atoms with van der Waals surface area (Å²) >= 11 is 0. The largest absolute Gasteiger partial charge is 0.481 e. The van der Waals surface area contributed by atoms with Crippen molar-refractivity contribution in [2.45, 2.75) is 77.7 Å². The van der Waals surface area contributed by atoms with Crippen LogP contribution >= 0.6 is 0 Å². The lowest BCUT2D eigenvalue weighted by Crippen LogP contribution is -2.58. The molecule has 2 N–H and O–H groups in total. The molecule has 21 heavy (non-hydrogen) atoms. The molecule has 6 nitrogen and oxygen atoms in total. The first kappa shape index (κ1) is 17.8. The maximum atomic E-state index is 11.8. The summed E-state index contributed by atoms with van der Waals surface area (Å²) in [6.45, 7) is 11.1. The lowest BCUT2D eigenvalue weighted by molar-refractivity contribution is -0.157. The Kier molecular flexibility index (Phi) is 5.25. The zero-order valence-corrected chi connectivity index (χ0v) is 13.7. The van der Waals surface area contributed by atoms with Crippen LogP contribution in [0, 0.1) is 5.92 Å². The summed E-state index contributed by atoms with van der Waals surface area (Å²) < 4.78 is 11.0. The van der Waals surface area contributed by atoms with E-state index in [1.165, 1.54) is 0 Å². The zero-order chi connectivity index (χ0) is 16.4.